The number of non-ortho nitro benzene ring substituents is 1. The molecule has 13 heteroatoms. The molecule has 2 N–H and O–H groups in total. The van der Waals surface area contributed by atoms with Crippen molar-refractivity contribution in [1.29, 1.82) is 0 Å². The monoisotopic (exact) mass is 568 g/mol. The number of amides is 1. The van der Waals surface area contributed by atoms with Crippen LogP contribution in [0.15, 0.2) is 53.5 Å². The van der Waals surface area contributed by atoms with Gasteiger partial charge in [-0.2, -0.15) is 0 Å². The fourth-order valence-electron chi connectivity index (χ4n) is 4.99. The Kier molecular flexibility index (Phi) is 6.06. The first kappa shape index (κ1) is 25.9. The van der Waals surface area contributed by atoms with E-state index in [1.54, 1.807) is 0 Å². The van der Waals surface area contributed by atoms with Crippen LogP contribution in [0.5, 0.6) is 0 Å². The zero-order chi connectivity index (χ0) is 28.3. The Bertz CT molecular complexity index is 1890. The maximum atomic E-state index is 15.3. The van der Waals surface area contributed by atoms with Crippen molar-refractivity contribution in [3.63, 3.8) is 0 Å². The normalized spacial score (nSPS) is 15.3. The highest BCUT2D eigenvalue weighted by Crippen LogP contribution is 2.45. The number of hydrogen-bond donors (Lipinski definition) is 2. The van der Waals surface area contributed by atoms with Crippen molar-refractivity contribution >= 4 is 32.5 Å². The van der Waals surface area contributed by atoms with Crippen LogP contribution in [-0.2, 0) is 16.6 Å². The number of H-pyrrole nitrogens is 1. The molecule has 0 saturated heterocycles. The van der Waals surface area contributed by atoms with E-state index >= 15 is 4.39 Å². The van der Waals surface area contributed by atoms with Crippen molar-refractivity contribution in [3.05, 3.63) is 97.6 Å². The molecule has 0 radical (unpaired) electrons. The van der Waals surface area contributed by atoms with E-state index in [0.29, 0.717) is 23.8 Å². The van der Waals surface area contributed by atoms with Gasteiger partial charge in [0.15, 0.2) is 0 Å². The lowest BCUT2D eigenvalue weighted by atomic mass is 10.00. The Morgan fingerprint density at radius 1 is 1.10 bits per heavy atom. The number of hydrogen-bond acceptors (Lipinski definition) is 6. The number of benzene rings is 2. The van der Waals surface area contributed by atoms with Crippen molar-refractivity contribution in [2.45, 2.75) is 43.4 Å². The predicted molar refractivity (Wildman–Crippen MR) is 141 cm³/mol. The molecule has 0 unspecified atom stereocenters. The number of carbonyl (C=O) groups excluding carboxylic acids is 1. The number of rotatable bonds is 8. The van der Waals surface area contributed by atoms with Crippen LogP contribution in [0.4, 0.5) is 14.5 Å². The molecule has 40 heavy (non-hydrogen) atoms. The standard InChI is InChI=1S/C27H22F2N4O6S/c28-21-8-5-16(33(36)37)10-15(21)13-32-23-12-22(29)19(14-3-4-14)11-20(23)24(18-2-1-9-30-26(18)34)25(32)27(35)31-40(38,39)17-6-7-17/h1-2,5,8-12,14,17H,3-4,6-7,13H2,(H,30,34)(H,31,35). The van der Waals surface area contributed by atoms with Crippen molar-refractivity contribution < 1.29 is 26.9 Å². The zero-order valence-electron chi connectivity index (χ0n) is 20.8. The Hall–Kier alpha value is -4.39. The molecular weight excluding hydrogens is 546 g/mol. The summed E-state index contributed by atoms with van der Waals surface area (Å²) in [4.78, 5) is 39.9. The second-order valence-corrected chi connectivity index (χ2v) is 12.1. The maximum absolute atomic E-state index is 15.3. The molecule has 2 saturated carbocycles. The molecule has 10 nitrogen and oxygen atoms in total. The highest BCUT2D eigenvalue weighted by molar-refractivity contribution is 7.91. The molecular formula is C27H22F2N4O6S. The van der Waals surface area contributed by atoms with E-state index in [9.17, 15) is 32.5 Å². The average molecular weight is 569 g/mol. The first-order valence-corrected chi connectivity index (χ1v) is 14.1. The second-order valence-electron chi connectivity index (χ2n) is 10.1. The fourth-order valence-corrected chi connectivity index (χ4v) is 6.27. The molecule has 2 aliphatic rings. The highest BCUT2D eigenvalue weighted by Gasteiger charge is 2.39. The predicted octanol–water partition coefficient (Wildman–Crippen LogP) is 4.33. The van der Waals surface area contributed by atoms with Crippen LogP contribution in [0.1, 0.15) is 53.2 Å². The second kappa shape index (κ2) is 9.37. The van der Waals surface area contributed by atoms with Gasteiger partial charge in [-0.15, -0.1) is 0 Å². The number of nitrogens with zero attached hydrogens (tertiary/aromatic N) is 2. The lowest BCUT2D eigenvalue weighted by Gasteiger charge is -2.14. The Balaban J connectivity index is 1.65. The lowest BCUT2D eigenvalue weighted by molar-refractivity contribution is -0.385. The van der Waals surface area contributed by atoms with Crippen molar-refractivity contribution in [3.8, 4) is 11.1 Å². The molecule has 0 bridgehead atoms. The van der Waals surface area contributed by atoms with Crippen LogP contribution in [-0.4, -0.2) is 34.0 Å². The number of nitrogens with one attached hydrogen (secondary N) is 2. The summed E-state index contributed by atoms with van der Waals surface area (Å²) in [6, 6.07) is 8.56. The number of pyridine rings is 1. The summed E-state index contributed by atoms with van der Waals surface area (Å²) < 4.78 is 59.0. The van der Waals surface area contributed by atoms with Gasteiger partial charge in [0, 0.05) is 40.4 Å². The summed E-state index contributed by atoms with van der Waals surface area (Å²) in [6.07, 6.45) is 3.67. The van der Waals surface area contributed by atoms with Gasteiger partial charge in [0.25, 0.3) is 17.2 Å². The van der Waals surface area contributed by atoms with E-state index in [2.05, 4.69) is 9.71 Å². The molecule has 0 atom stereocenters. The molecule has 2 aliphatic carbocycles. The summed E-state index contributed by atoms with van der Waals surface area (Å²) in [7, 11) is -4.05. The minimum Gasteiger partial charge on any atom is -0.331 e. The lowest BCUT2D eigenvalue weighted by Crippen LogP contribution is -2.35. The van der Waals surface area contributed by atoms with Gasteiger partial charge in [-0.1, -0.05) is 0 Å². The number of carbonyl (C=O) groups is 1. The maximum Gasteiger partial charge on any atom is 0.282 e. The van der Waals surface area contributed by atoms with Gasteiger partial charge >= 0.3 is 0 Å². The van der Waals surface area contributed by atoms with Crippen molar-refractivity contribution in [2.24, 2.45) is 0 Å². The molecule has 2 heterocycles. The molecule has 6 rings (SSSR count). The first-order chi connectivity index (χ1) is 19.0. The Morgan fingerprint density at radius 3 is 2.50 bits per heavy atom. The first-order valence-electron chi connectivity index (χ1n) is 12.6. The van der Waals surface area contributed by atoms with Crippen LogP contribution in [0.3, 0.4) is 0 Å². The fraction of sp³-hybridized carbons (Fsp3) is 0.259. The van der Waals surface area contributed by atoms with Crippen LogP contribution < -0.4 is 10.3 Å². The van der Waals surface area contributed by atoms with E-state index in [-0.39, 0.29) is 33.8 Å². The van der Waals surface area contributed by atoms with Crippen LogP contribution in [0.2, 0.25) is 0 Å². The van der Waals surface area contributed by atoms with Crippen LogP contribution in [0, 0.1) is 21.7 Å². The van der Waals surface area contributed by atoms with E-state index in [1.807, 2.05) is 0 Å². The average Bonchev–Trinajstić information content (AvgIpc) is 3.81. The number of fused-ring (bicyclic) bond motifs is 1. The molecule has 1 amide bonds. The largest absolute Gasteiger partial charge is 0.331 e. The minimum atomic E-state index is -4.05. The summed E-state index contributed by atoms with van der Waals surface area (Å²) >= 11 is 0. The van der Waals surface area contributed by atoms with Crippen LogP contribution >= 0.6 is 0 Å². The zero-order valence-corrected chi connectivity index (χ0v) is 21.6. The summed E-state index contributed by atoms with van der Waals surface area (Å²) in [6.45, 7) is -0.483. The van der Waals surface area contributed by atoms with Gasteiger partial charge in [0.1, 0.15) is 17.3 Å². The SMILES string of the molecule is O=C(NS(=O)(=O)C1CC1)c1c(-c2ccc[nH]c2=O)c2cc(C3CC3)c(F)cc2n1Cc1cc([N+](=O)[O-])ccc1F. The number of aromatic amines is 1. The number of halogens is 2. The Labute approximate surface area is 225 Å². The molecule has 2 fully saturated rings. The van der Waals surface area contributed by atoms with Crippen LogP contribution in [0.25, 0.3) is 22.0 Å². The van der Waals surface area contributed by atoms with Gasteiger partial charge in [0.2, 0.25) is 10.0 Å². The number of sulfonamides is 1. The van der Waals surface area contributed by atoms with Crippen molar-refractivity contribution in [2.75, 3.05) is 0 Å². The van der Waals surface area contributed by atoms with Gasteiger partial charge in [-0.25, -0.2) is 21.9 Å². The molecule has 2 aromatic heterocycles. The van der Waals surface area contributed by atoms with E-state index < -0.39 is 55.5 Å². The van der Waals surface area contributed by atoms with Crippen molar-refractivity contribution in [1.82, 2.24) is 14.3 Å². The molecule has 4 aromatic rings. The van der Waals surface area contributed by atoms with E-state index in [4.69, 9.17) is 0 Å². The van der Waals surface area contributed by atoms with E-state index in [1.165, 1.54) is 35.0 Å². The molecule has 0 aliphatic heterocycles. The van der Waals surface area contributed by atoms with Gasteiger partial charge < -0.3 is 9.55 Å². The smallest absolute Gasteiger partial charge is 0.282 e. The molecule has 2 aromatic carbocycles. The van der Waals surface area contributed by atoms with Gasteiger partial charge in [-0.05, 0) is 67.5 Å². The minimum absolute atomic E-state index is 0.0214. The summed E-state index contributed by atoms with van der Waals surface area (Å²) in [5, 5.41) is 10.9. The molecule has 0 spiro atoms. The topological polar surface area (TPSA) is 144 Å². The third-order valence-electron chi connectivity index (χ3n) is 7.27. The van der Waals surface area contributed by atoms with Gasteiger partial charge in [0.05, 0.1) is 22.2 Å². The summed E-state index contributed by atoms with van der Waals surface area (Å²) in [5.74, 6) is -2.52. The number of nitro groups is 1. The third-order valence-corrected chi connectivity index (χ3v) is 9.09. The number of aromatic nitrogens is 2. The highest BCUT2D eigenvalue weighted by atomic mass is 32.2. The quantitative estimate of drug-likeness (QED) is 0.239. The third kappa shape index (κ3) is 4.55. The molecule has 206 valence electrons. The number of nitro benzene ring substituents is 1. The van der Waals surface area contributed by atoms with Gasteiger partial charge in [-0.3, -0.25) is 19.7 Å². The summed E-state index contributed by atoms with van der Waals surface area (Å²) in [5.41, 5.74) is -0.935. The van der Waals surface area contributed by atoms with E-state index in [0.717, 1.165) is 31.0 Å². The Morgan fingerprint density at radius 2 is 1.85 bits per heavy atom.